The molecule has 0 radical (unpaired) electrons. The van der Waals surface area contributed by atoms with E-state index in [4.69, 9.17) is 4.98 Å². The van der Waals surface area contributed by atoms with Gasteiger partial charge in [0.2, 0.25) is 0 Å². The Labute approximate surface area is 171 Å². The van der Waals surface area contributed by atoms with Crippen molar-refractivity contribution in [1.82, 2.24) is 34.1 Å². The minimum absolute atomic E-state index is 0.134. The average molecular weight is 397 g/mol. The minimum Gasteiger partial charge on any atom is -0.307 e. The van der Waals surface area contributed by atoms with E-state index < -0.39 is 0 Å². The summed E-state index contributed by atoms with van der Waals surface area (Å²) in [6.45, 7) is 6.10. The molecule has 8 nitrogen and oxygen atoms in total. The molecule has 30 heavy (non-hydrogen) atoms. The van der Waals surface area contributed by atoms with Gasteiger partial charge in [-0.1, -0.05) is 18.2 Å². The van der Waals surface area contributed by atoms with Crippen LogP contribution in [0.15, 0.2) is 54.0 Å². The van der Waals surface area contributed by atoms with Crippen LogP contribution in [0.1, 0.15) is 22.6 Å². The van der Waals surface area contributed by atoms with Gasteiger partial charge in [0, 0.05) is 6.20 Å². The molecule has 0 N–H and O–H groups in total. The number of nitrogens with zero attached hydrogens (tertiary/aromatic N) is 7. The van der Waals surface area contributed by atoms with Crippen LogP contribution in [0.3, 0.4) is 0 Å². The highest BCUT2D eigenvalue weighted by molar-refractivity contribution is 5.78. The predicted molar refractivity (Wildman–Crippen MR) is 114 cm³/mol. The maximum Gasteiger partial charge on any atom is 0.267 e. The average Bonchev–Trinajstić information content (AvgIpc) is 3.13. The van der Waals surface area contributed by atoms with Crippen molar-refractivity contribution in [3.05, 3.63) is 82.2 Å². The molecule has 4 heterocycles. The number of fused-ring (bicyclic) bond motifs is 2. The van der Waals surface area contributed by atoms with E-state index in [1.165, 1.54) is 6.33 Å². The minimum atomic E-state index is -0.134. The second kappa shape index (κ2) is 6.84. The Balaban J connectivity index is 1.80. The molecule has 0 saturated carbocycles. The van der Waals surface area contributed by atoms with Gasteiger partial charge in [-0.3, -0.25) is 9.36 Å². The number of aromatic nitrogens is 7. The molecule has 148 valence electrons. The fraction of sp³-hybridized carbons (Fsp3) is 0.182. The summed E-state index contributed by atoms with van der Waals surface area (Å²) in [5.41, 5.74) is 5.17. The highest BCUT2D eigenvalue weighted by atomic mass is 16.1. The molecule has 0 spiro atoms. The summed E-state index contributed by atoms with van der Waals surface area (Å²) in [5, 5.41) is 0.526. The van der Waals surface area contributed by atoms with E-state index in [1.54, 1.807) is 17.1 Å². The number of hydrogen-bond donors (Lipinski definition) is 0. The number of hydrogen-bond acceptors (Lipinski definition) is 6. The third-order valence-electron chi connectivity index (χ3n) is 5.30. The van der Waals surface area contributed by atoms with Crippen molar-refractivity contribution in [1.29, 1.82) is 0 Å². The zero-order chi connectivity index (χ0) is 20.8. The van der Waals surface area contributed by atoms with E-state index in [2.05, 4.69) is 19.9 Å². The van der Waals surface area contributed by atoms with Crippen LogP contribution in [0.4, 0.5) is 0 Å². The Hall–Kier alpha value is -3.94. The maximum atomic E-state index is 13.6. The van der Waals surface area contributed by atoms with Gasteiger partial charge in [-0.15, -0.1) is 0 Å². The SMILES string of the molecule is Cc1ccccc1-n1c(Cn2cnc3c(C)ncnc32)nc2nccc(C)c2c1=O. The molecule has 0 amide bonds. The molecule has 0 fully saturated rings. The normalized spacial score (nSPS) is 11.4. The van der Waals surface area contributed by atoms with Crippen molar-refractivity contribution in [2.75, 3.05) is 0 Å². The molecule has 0 bridgehead atoms. The van der Waals surface area contributed by atoms with Crippen molar-refractivity contribution in [2.45, 2.75) is 27.3 Å². The highest BCUT2D eigenvalue weighted by Crippen LogP contribution is 2.19. The van der Waals surface area contributed by atoms with Crippen LogP contribution >= 0.6 is 0 Å². The van der Waals surface area contributed by atoms with Crippen LogP contribution in [-0.4, -0.2) is 34.1 Å². The van der Waals surface area contributed by atoms with Crippen LogP contribution in [0.5, 0.6) is 0 Å². The first-order chi connectivity index (χ1) is 14.5. The number of pyridine rings is 1. The summed E-state index contributed by atoms with van der Waals surface area (Å²) in [4.78, 5) is 35.7. The molecule has 0 aliphatic rings. The zero-order valence-corrected chi connectivity index (χ0v) is 16.9. The summed E-state index contributed by atoms with van der Waals surface area (Å²) < 4.78 is 3.55. The van der Waals surface area contributed by atoms with Gasteiger partial charge < -0.3 is 4.57 Å². The Morgan fingerprint density at radius 3 is 2.60 bits per heavy atom. The molecule has 1 aromatic carbocycles. The second-order valence-electron chi connectivity index (χ2n) is 7.29. The molecule has 0 aliphatic carbocycles. The summed E-state index contributed by atoms with van der Waals surface area (Å²) in [6, 6.07) is 9.61. The third kappa shape index (κ3) is 2.76. The van der Waals surface area contributed by atoms with Gasteiger partial charge in [0.1, 0.15) is 17.7 Å². The molecule has 4 aromatic heterocycles. The van der Waals surface area contributed by atoms with Crippen molar-refractivity contribution >= 4 is 22.2 Å². The number of para-hydroxylation sites is 1. The van der Waals surface area contributed by atoms with E-state index in [0.29, 0.717) is 29.0 Å². The first-order valence-corrected chi connectivity index (χ1v) is 9.60. The molecule has 0 saturated heterocycles. The fourth-order valence-electron chi connectivity index (χ4n) is 3.73. The van der Waals surface area contributed by atoms with Crippen molar-refractivity contribution in [2.24, 2.45) is 0 Å². The fourth-order valence-corrected chi connectivity index (χ4v) is 3.73. The topological polar surface area (TPSA) is 91.4 Å². The van der Waals surface area contributed by atoms with Gasteiger partial charge in [-0.05, 0) is 44.0 Å². The first kappa shape index (κ1) is 18.1. The van der Waals surface area contributed by atoms with Gasteiger partial charge in [0.15, 0.2) is 11.3 Å². The lowest BCUT2D eigenvalue weighted by atomic mass is 10.1. The van der Waals surface area contributed by atoms with Gasteiger partial charge in [0.25, 0.3) is 5.56 Å². The second-order valence-corrected chi connectivity index (χ2v) is 7.29. The summed E-state index contributed by atoms with van der Waals surface area (Å²) in [7, 11) is 0. The Morgan fingerprint density at radius 2 is 1.77 bits per heavy atom. The van der Waals surface area contributed by atoms with Gasteiger partial charge in [-0.2, -0.15) is 0 Å². The van der Waals surface area contributed by atoms with E-state index >= 15 is 0 Å². The summed E-state index contributed by atoms with van der Waals surface area (Å²) in [6.07, 6.45) is 4.90. The van der Waals surface area contributed by atoms with Gasteiger partial charge in [-0.25, -0.2) is 24.9 Å². The lowest BCUT2D eigenvalue weighted by Crippen LogP contribution is -2.26. The standard InChI is InChI=1S/C22H19N7O/c1-13-6-4-5-7-16(13)29-17(27-20-18(22(29)30)14(2)8-9-23-20)10-28-12-26-19-15(3)24-11-25-21(19)28/h4-9,11-12H,10H2,1-3H3. The number of benzene rings is 1. The molecular formula is C22H19N7O. The van der Waals surface area contributed by atoms with E-state index in [0.717, 1.165) is 28.0 Å². The quantitative estimate of drug-likeness (QED) is 0.465. The van der Waals surface area contributed by atoms with Crippen molar-refractivity contribution in [3.8, 4) is 5.69 Å². The number of rotatable bonds is 3. The van der Waals surface area contributed by atoms with Crippen molar-refractivity contribution < 1.29 is 0 Å². The Morgan fingerprint density at radius 1 is 0.933 bits per heavy atom. The lowest BCUT2D eigenvalue weighted by Gasteiger charge is -2.16. The maximum absolute atomic E-state index is 13.6. The Bertz CT molecular complexity index is 1480. The molecule has 8 heteroatoms. The molecule has 5 aromatic rings. The van der Waals surface area contributed by atoms with E-state index in [-0.39, 0.29) is 5.56 Å². The first-order valence-electron chi connectivity index (χ1n) is 9.60. The monoisotopic (exact) mass is 397 g/mol. The summed E-state index contributed by atoms with van der Waals surface area (Å²) in [5.74, 6) is 0.565. The van der Waals surface area contributed by atoms with Crippen molar-refractivity contribution in [3.63, 3.8) is 0 Å². The largest absolute Gasteiger partial charge is 0.307 e. The van der Waals surface area contributed by atoms with E-state index in [9.17, 15) is 4.79 Å². The molecule has 0 aliphatic heterocycles. The van der Waals surface area contributed by atoms with Gasteiger partial charge >= 0.3 is 0 Å². The van der Waals surface area contributed by atoms with Gasteiger partial charge in [0.05, 0.1) is 29.6 Å². The molecular weight excluding hydrogens is 378 g/mol. The van der Waals surface area contributed by atoms with Crippen LogP contribution in [0.25, 0.3) is 27.9 Å². The lowest BCUT2D eigenvalue weighted by molar-refractivity contribution is 0.715. The molecule has 0 atom stereocenters. The van der Waals surface area contributed by atoms with Crippen LogP contribution in [-0.2, 0) is 6.54 Å². The van der Waals surface area contributed by atoms with Crippen LogP contribution < -0.4 is 5.56 Å². The summed E-state index contributed by atoms with van der Waals surface area (Å²) >= 11 is 0. The van der Waals surface area contributed by atoms with Crippen LogP contribution in [0, 0.1) is 20.8 Å². The number of aryl methyl sites for hydroxylation is 3. The number of imidazole rings is 1. The smallest absolute Gasteiger partial charge is 0.267 e. The zero-order valence-electron chi connectivity index (χ0n) is 16.9. The third-order valence-corrected chi connectivity index (χ3v) is 5.30. The molecule has 5 rings (SSSR count). The van der Waals surface area contributed by atoms with Crippen LogP contribution in [0.2, 0.25) is 0 Å². The Kier molecular flexibility index (Phi) is 4.13. The van der Waals surface area contributed by atoms with E-state index in [1.807, 2.05) is 55.7 Å². The molecule has 0 unspecified atom stereocenters. The highest BCUT2D eigenvalue weighted by Gasteiger charge is 2.18. The predicted octanol–water partition coefficient (Wildman–Crippen LogP) is 2.89.